The van der Waals surface area contributed by atoms with Gasteiger partial charge in [0.1, 0.15) is 0 Å². The van der Waals surface area contributed by atoms with Crippen LogP contribution in [0.25, 0.3) is 0 Å². The molecule has 2 unspecified atom stereocenters. The van der Waals surface area contributed by atoms with Gasteiger partial charge in [-0.05, 0) is 64.2 Å². The number of hydrogen-bond donors (Lipinski definition) is 2. The van der Waals surface area contributed by atoms with Gasteiger partial charge in [-0.2, -0.15) is 0 Å². The molecule has 3 rings (SSSR count). The highest BCUT2D eigenvalue weighted by molar-refractivity contribution is 5.92. The standard InChI is InChI=1S/C23H36N4O4/c1-17-10-11-20(26(22(28)29)18(2)24-12-6-4-7-13-24)16-21(17)27(23(30)31)19(3)25-14-8-5-9-15-25/h10-11,16,18-19H,4-9,12-15H2,1-3H3,(H,28,29)(H,30,31). The van der Waals surface area contributed by atoms with E-state index in [9.17, 15) is 19.8 Å². The van der Waals surface area contributed by atoms with Crippen molar-refractivity contribution >= 4 is 23.6 Å². The fraction of sp³-hybridized carbons (Fsp3) is 0.652. The Balaban J connectivity index is 1.93. The Hall–Kier alpha value is -2.32. The summed E-state index contributed by atoms with van der Waals surface area (Å²) in [5, 5.41) is 20.1. The van der Waals surface area contributed by atoms with Crippen molar-refractivity contribution in [2.75, 3.05) is 36.0 Å². The van der Waals surface area contributed by atoms with Crippen molar-refractivity contribution in [3.63, 3.8) is 0 Å². The van der Waals surface area contributed by atoms with Gasteiger partial charge in [-0.15, -0.1) is 0 Å². The molecular weight excluding hydrogens is 396 g/mol. The molecule has 31 heavy (non-hydrogen) atoms. The monoisotopic (exact) mass is 432 g/mol. The first-order valence-electron chi connectivity index (χ1n) is 11.4. The number of rotatable bonds is 6. The molecule has 2 aliphatic heterocycles. The van der Waals surface area contributed by atoms with E-state index in [1.807, 2.05) is 26.8 Å². The zero-order chi connectivity index (χ0) is 22.5. The van der Waals surface area contributed by atoms with Crippen LogP contribution in [0.15, 0.2) is 18.2 Å². The topological polar surface area (TPSA) is 87.6 Å². The predicted molar refractivity (Wildman–Crippen MR) is 122 cm³/mol. The molecule has 2 atom stereocenters. The van der Waals surface area contributed by atoms with Gasteiger partial charge in [0.15, 0.2) is 0 Å². The lowest BCUT2D eigenvalue weighted by atomic mass is 10.1. The van der Waals surface area contributed by atoms with Gasteiger partial charge in [-0.25, -0.2) is 9.59 Å². The Morgan fingerprint density at radius 2 is 1.26 bits per heavy atom. The minimum absolute atomic E-state index is 0.314. The summed E-state index contributed by atoms with van der Waals surface area (Å²) in [6.45, 7) is 9.18. The van der Waals surface area contributed by atoms with Crippen LogP contribution in [0.3, 0.4) is 0 Å². The summed E-state index contributed by atoms with van der Waals surface area (Å²) in [7, 11) is 0. The van der Waals surface area contributed by atoms with Gasteiger partial charge in [0.05, 0.1) is 23.7 Å². The number of carbonyl (C=O) groups is 2. The molecule has 1 aromatic carbocycles. The highest BCUT2D eigenvalue weighted by Gasteiger charge is 2.31. The predicted octanol–water partition coefficient (Wildman–Crippen LogP) is 4.63. The van der Waals surface area contributed by atoms with E-state index in [1.54, 1.807) is 12.1 Å². The molecule has 8 nitrogen and oxygen atoms in total. The molecule has 0 radical (unpaired) electrons. The summed E-state index contributed by atoms with van der Waals surface area (Å²) >= 11 is 0. The van der Waals surface area contributed by atoms with Crippen molar-refractivity contribution in [1.82, 2.24) is 9.80 Å². The minimum atomic E-state index is -1.03. The van der Waals surface area contributed by atoms with Crippen molar-refractivity contribution in [2.24, 2.45) is 0 Å². The van der Waals surface area contributed by atoms with Gasteiger partial charge in [0.2, 0.25) is 0 Å². The summed E-state index contributed by atoms with van der Waals surface area (Å²) in [5.74, 6) is 0. The van der Waals surface area contributed by atoms with Gasteiger partial charge in [0.25, 0.3) is 0 Å². The average molecular weight is 433 g/mol. The van der Waals surface area contributed by atoms with E-state index in [-0.39, 0.29) is 12.3 Å². The molecule has 1 aromatic rings. The van der Waals surface area contributed by atoms with Crippen molar-refractivity contribution in [3.05, 3.63) is 23.8 Å². The first kappa shape index (κ1) is 23.3. The quantitative estimate of drug-likeness (QED) is 0.682. The van der Waals surface area contributed by atoms with Crippen molar-refractivity contribution in [3.8, 4) is 0 Å². The number of aryl methyl sites for hydroxylation is 1. The van der Waals surface area contributed by atoms with Crippen molar-refractivity contribution in [2.45, 2.75) is 71.6 Å². The molecule has 2 saturated heterocycles. The largest absolute Gasteiger partial charge is 0.465 e. The molecule has 0 bridgehead atoms. The van der Waals surface area contributed by atoms with Crippen molar-refractivity contribution < 1.29 is 19.8 Å². The van der Waals surface area contributed by atoms with Gasteiger partial charge in [0, 0.05) is 26.2 Å². The van der Waals surface area contributed by atoms with Crippen LogP contribution in [-0.2, 0) is 0 Å². The lowest BCUT2D eigenvalue weighted by molar-refractivity contribution is 0.152. The number of nitrogens with zero attached hydrogens (tertiary/aromatic N) is 4. The molecule has 2 N–H and O–H groups in total. The van der Waals surface area contributed by atoms with E-state index in [0.717, 1.165) is 57.4 Å². The third-order valence-corrected chi connectivity index (χ3v) is 6.73. The van der Waals surface area contributed by atoms with E-state index in [2.05, 4.69) is 9.80 Å². The summed E-state index contributed by atoms with van der Waals surface area (Å²) in [6, 6.07) is 5.32. The van der Waals surface area contributed by atoms with Crippen LogP contribution in [0.2, 0.25) is 0 Å². The maximum Gasteiger partial charge on any atom is 0.413 e. The number of anilines is 2. The van der Waals surface area contributed by atoms with E-state index < -0.39 is 12.2 Å². The summed E-state index contributed by atoms with van der Waals surface area (Å²) < 4.78 is 0. The van der Waals surface area contributed by atoms with Crippen LogP contribution in [0.4, 0.5) is 21.0 Å². The molecule has 0 spiro atoms. The Morgan fingerprint density at radius 1 is 0.806 bits per heavy atom. The SMILES string of the molecule is Cc1ccc(N(C(=O)O)C(C)N2CCCCC2)cc1N(C(=O)O)C(C)N1CCCCC1. The van der Waals surface area contributed by atoms with Crippen molar-refractivity contribution in [1.29, 1.82) is 0 Å². The van der Waals surface area contributed by atoms with E-state index in [4.69, 9.17) is 0 Å². The van der Waals surface area contributed by atoms with E-state index >= 15 is 0 Å². The molecule has 172 valence electrons. The smallest absolute Gasteiger partial charge is 0.413 e. The second kappa shape index (κ2) is 10.3. The number of benzene rings is 1. The third kappa shape index (κ3) is 5.30. The van der Waals surface area contributed by atoms with Crippen LogP contribution < -0.4 is 9.80 Å². The first-order valence-corrected chi connectivity index (χ1v) is 11.4. The number of amides is 2. The number of carboxylic acid groups (broad SMARTS) is 2. The zero-order valence-corrected chi connectivity index (χ0v) is 19.0. The maximum absolute atomic E-state index is 12.3. The molecule has 0 aromatic heterocycles. The second-order valence-corrected chi connectivity index (χ2v) is 8.73. The maximum atomic E-state index is 12.3. The van der Waals surface area contributed by atoms with E-state index in [1.165, 1.54) is 22.6 Å². The number of piperidine rings is 2. The van der Waals surface area contributed by atoms with Crippen LogP contribution >= 0.6 is 0 Å². The normalized spacial score (nSPS) is 20.1. The minimum Gasteiger partial charge on any atom is -0.465 e. The zero-order valence-electron chi connectivity index (χ0n) is 19.0. The summed E-state index contributed by atoms with van der Waals surface area (Å²) in [4.78, 5) is 31.6. The highest BCUT2D eigenvalue weighted by Crippen LogP contribution is 2.31. The van der Waals surface area contributed by atoms with Crippen LogP contribution in [0.5, 0.6) is 0 Å². The molecule has 0 aliphatic carbocycles. The van der Waals surface area contributed by atoms with Gasteiger partial charge >= 0.3 is 12.2 Å². The Labute approximate surface area is 185 Å². The number of likely N-dealkylation sites (tertiary alicyclic amines) is 2. The molecular formula is C23H36N4O4. The highest BCUT2D eigenvalue weighted by atomic mass is 16.4. The van der Waals surface area contributed by atoms with E-state index in [0.29, 0.717) is 11.4 Å². The molecule has 2 heterocycles. The van der Waals surface area contributed by atoms with Gasteiger partial charge in [-0.1, -0.05) is 18.9 Å². The van der Waals surface area contributed by atoms with Gasteiger partial charge < -0.3 is 10.2 Å². The third-order valence-electron chi connectivity index (χ3n) is 6.73. The molecule has 0 saturated carbocycles. The Bertz CT molecular complexity index is 775. The first-order chi connectivity index (χ1) is 14.8. The molecule has 8 heteroatoms. The summed E-state index contributed by atoms with van der Waals surface area (Å²) in [6.07, 6.45) is 3.93. The van der Waals surface area contributed by atoms with Crippen LogP contribution in [0.1, 0.15) is 57.9 Å². The lowest BCUT2D eigenvalue weighted by Gasteiger charge is -2.40. The molecule has 2 aliphatic rings. The fourth-order valence-corrected chi connectivity index (χ4v) is 4.87. The molecule has 2 fully saturated rings. The van der Waals surface area contributed by atoms with Crippen LogP contribution in [-0.4, -0.2) is 70.7 Å². The average Bonchev–Trinajstić information content (AvgIpc) is 2.76. The van der Waals surface area contributed by atoms with Gasteiger partial charge in [-0.3, -0.25) is 19.6 Å². The second-order valence-electron chi connectivity index (χ2n) is 8.73. The Morgan fingerprint density at radius 3 is 1.71 bits per heavy atom. The van der Waals surface area contributed by atoms with Crippen LogP contribution in [0, 0.1) is 6.92 Å². The Kier molecular flexibility index (Phi) is 7.78. The number of hydrogen-bond acceptors (Lipinski definition) is 4. The lowest BCUT2D eigenvalue weighted by Crippen LogP contribution is -2.52. The summed E-state index contributed by atoms with van der Waals surface area (Å²) in [5.41, 5.74) is 1.86. The molecule has 2 amide bonds. The fourth-order valence-electron chi connectivity index (χ4n) is 4.87.